The molecule has 1 aromatic carbocycles. The van der Waals surface area contributed by atoms with E-state index in [1.807, 2.05) is 10.8 Å². The van der Waals surface area contributed by atoms with Crippen LogP contribution in [0.5, 0.6) is 5.75 Å². The Bertz CT molecular complexity index is 929. The van der Waals surface area contributed by atoms with E-state index in [0.717, 1.165) is 11.3 Å². The standard InChI is InChI=1S/C20H25ClN2O4S/c1-20(2,3)16-11-23(10-13-6-8-17(24)27-13)19(28-16)22-18(25)14-9-12(21)5-7-15(14)26-4/h5,7,9,11,13,17,24H,6,8,10H2,1-4H3/t13-,17-/m0/s1. The number of aliphatic hydroxyl groups is 1. The second kappa shape index (κ2) is 8.37. The summed E-state index contributed by atoms with van der Waals surface area (Å²) in [5, 5.41) is 10.1. The normalized spacial score (nSPS) is 20.6. The van der Waals surface area contributed by atoms with Crippen molar-refractivity contribution in [2.75, 3.05) is 7.11 Å². The van der Waals surface area contributed by atoms with Gasteiger partial charge in [0, 0.05) is 22.5 Å². The Morgan fingerprint density at radius 1 is 1.43 bits per heavy atom. The van der Waals surface area contributed by atoms with Crippen molar-refractivity contribution in [1.29, 1.82) is 0 Å². The Balaban J connectivity index is 2.00. The number of carbonyl (C=O) groups is 1. The molecule has 1 aromatic heterocycles. The fourth-order valence-corrected chi connectivity index (χ4v) is 4.21. The molecule has 0 radical (unpaired) electrons. The Morgan fingerprint density at radius 3 is 2.79 bits per heavy atom. The lowest BCUT2D eigenvalue weighted by atomic mass is 9.95. The number of aliphatic hydroxyl groups excluding tert-OH is 1. The second-order valence-corrected chi connectivity index (χ2v) is 9.28. The van der Waals surface area contributed by atoms with Gasteiger partial charge in [0.2, 0.25) is 0 Å². The van der Waals surface area contributed by atoms with Gasteiger partial charge >= 0.3 is 0 Å². The molecule has 2 heterocycles. The van der Waals surface area contributed by atoms with Crippen molar-refractivity contribution < 1.29 is 19.4 Å². The van der Waals surface area contributed by atoms with Crippen molar-refractivity contribution in [2.24, 2.45) is 4.99 Å². The van der Waals surface area contributed by atoms with Gasteiger partial charge < -0.3 is 19.1 Å². The lowest BCUT2D eigenvalue weighted by molar-refractivity contribution is -0.0936. The van der Waals surface area contributed by atoms with Gasteiger partial charge in [0.1, 0.15) is 5.75 Å². The number of nitrogens with zero attached hydrogens (tertiary/aromatic N) is 2. The summed E-state index contributed by atoms with van der Waals surface area (Å²) in [6.07, 6.45) is 2.58. The molecule has 6 nitrogen and oxygen atoms in total. The van der Waals surface area contributed by atoms with Crippen LogP contribution in [0.3, 0.4) is 0 Å². The third-order valence-corrected chi connectivity index (χ3v) is 6.21. The molecular weight excluding hydrogens is 400 g/mol. The predicted molar refractivity (Wildman–Crippen MR) is 109 cm³/mol. The molecule has 2 aromatic rings. The zero-order chi connectivity index (χ0) is 20.5. The van der Waals surface area contributed by atoms with E-state index in [1.54, 1.807) is 18.2 Å². The number of hydrogen-bond donors (Lipinski definition) is 1. The average molecular weight is 425 g/mol. The maximum atomic E-state index is 12.9. The predicted octanol–water partition coefficient (Wildman–Crippen LogP) is 3.75. The van der Waals surface area contributed by atoms with E-state index < -0.39 is 12.2 Å². The summed E-state index contributed by atoms with van der Waals surface area (Å²) in [7, 11) is 1.51. The van der Waals surface area contributed by atoms with Crippen LogP contribution in [-0.2, 0) is 16.7 Å². The molecule has 0 aliphatic carbocycles. The van der Waals surface area contributed by atoms with E-state index in [2.05, 4.69) is 25.8 Å². The zero-order valence-corrected chi connectivity index (χ0v) is 18.0. The Labute approximate surface area is 173 Å². The number of amides is 1. The molecule has 3 rings (SSSR count). The molecule has 152 valence electrons. The van der Waals surface area contributed by atoms with E-state index in [-0.39, 0.29) is 11.5 Å². The highest BCUT2D eigenvalue weighted by atomic mass is 35.5. The van der Waals surface area contributed by atoms with Crippen molar-refractivity contribution in [3.63, 3.8) is 0 Å². The Hall–Kier alpha value is -1.67. The van der Waals surface area contributed by atoms with Gasteiger partial charge in [-0.15, -0.1) is 11.3 Å². The summed E-state index contributed by atoms with van der Waals surface area (Å²) in [4.78, 5) is 18.9. The largest absolute Gasteiger partial charge is 0.496 e. The SMILES string of the molecule is COc1ccc(Cl)cc1C(=O)N=c1sc(C(C)(C)C)cn1C[C@@H]1CC[C@@H](O)O1. The molecular formula is C20H25ClN2O4S. The first-order valence-corrected chi connectivity index (χ1v) is 10.3. The smallest absolute Gasteiger partial charge is 0.283 e. The van der Waals surface area contributed by atoms with Crippen LogP contribution >= 0.6 is 22.9 Å². The lowest BCUT2D eigenvalue weighted by Gasteiger charge is -2.15. The first-order valence-electron chi connectivity index (χ1n) is 9.14. The van der Waals surface area contributed by atoms with Crippen LogP contribution in [0.2, 0.25) is 5.02 Å². The van der Waals surface area contributed by atoms with Crippen LogP contribution in [0.4, 0.5) is 0 Å². The highest BCUT2D eigenvalue weighted by Gasteiger charge is 2.25. The first kappa shape index (κ1) is 21.0. The molecule has 1 aliphatic heterocycles. The topological polar surface area (TPSA) is 73.0 Å². The van der Waals surface area contributed by atoms with Gasteiger partial charge in [-0.2, -0.15) is 4.99 Å². The number of benzene rings is 1. The molecule has 2 atom stereocenters. The summed E-state index contributed by atoms with van der Waals surface area (Å²) in [6, 6.07) is 4.89. The number of thiazole rings is 1. The van der Waals surface area contributed by atoms with Crippen molar-refractivity contribution in [3.8, 4) is 5.75 Å². The number of halogens is 1. The first-order chi connectivity index (χ1) is 13.2. The summed E-state index contributed by atoms with van der Waals surface area (Å²) in [6.45, 7) is 6.88. The summed E-state index contributed by atoms with van der Waals surface area (Å²) in [5.74, 6) is 0.0160. The lowest BCUT2D eigenvalue weighted by Crippen LogP contribution is -2.24. The van der Waals surface area contributed by atoms with Crippen LogP contribution in [0.15, 0.2) is 29.4 Å². The summed E-state index contributed by atoms with van der Waals surface area (Å²) >= 11 is 7.53. The van der Waals surface area contributed by atoms with E-state index >= 15 is 0 Å². The fourth-order valence-electron chi connectivity index (χ4n) is 2.98. The molecule has 1 amide bonds. The number of hydrogen-bond acceptors (Lipinski definition) is 5. The zero-order valence-electron chi connectivity index (χ0n) is 16.4. The number of carbonyl (C=O) groups excluding carboxylic acids is 1. The minimum absolute atomic E-state index is 0.0764. The van der Waals surface area contributed by atoms with Crippen molar-refractivity contribution >= 4 is 28.8 Å². The maximum absolute atomic E-state index is 12.9. The molecule has 1 saturated heterocycles. The van der Waals surface area contributed by atoms with Gasteiger partial charge in [-0.1, -0.05) is 32.4 Å². The van der Waals surface area contributed by atoms with Gasteiger partial charge in [0.25, 0.3) is 5.91 Å². The minimum atomic E-state index is -0.718. The average Bonchev–Trinajstić information content (AvgIpc) is 3.21. The molecule has 0 bridgehead atoms. The van der Waals surface area contributed by atoms with Gasteiger partial charge in [-0.3, -0.25) is 4.79 Å². The molecule has 0 spiro atoms. The number of methoxy groups -OCH3 is 1. The maximum Gasteiger partial charge on any atom is 0.283 e. The van der Waals surface area contributed by atoms with Gasteiger partial charge in [0.15, 0.2) is 11.1 Å². The second-order valence-electron chi connectivity index (χ2n) is 7.83. The van der Waals surface area contributed by atoms with Crippen molar-refractivity contribution in [1.82, 2.24) is 4.57 Å². The molecule has 8 heteroatoms. The highest BCUT2D eigenvalue weighted by Crippen LogP contribution is 2.27. The molecule has 1 aliphatic rings. The quantitative estimate of drug-likeness (QED) is 0.811. The van der Waals surface area contributed by atoms with Gasteiger partial charge in [-0.05, 0) is 30.0 Å². The summed E-state index contributed by atoms with van der Waals surface area (Å²) < 4.78 is 12.7. The van der Waals surface area contributed by atoms with E-state index in [1.165, 1.54) is 18.4 Å². The van der Waals surface area contributed by atoms with E-state index in [4.69, 9.17) is 21.1 Å². The molecule has 1 fully saturated rings. The van der Waals surface area contributed by atoms with E-state index in [9.17, 15) is 9.90 Å². The van der Waals surface area contributed by atoms with Gasteiger partial charge in [0.05, 0.1) is 25.3 Å². The molecule has 1 N–H and O–H groups in total. The van der Waals surface area contributed by atoms with Crippen LogP contribution in [0.1, 0.15) is 48.8 Å². The van der Waals surface area contributed by atoms with Crippen molar-refractivity contribution in [3.05, 3.63) is 44.7 Å². The molecule has 0 unspecified atom stereocenters. The van der Waals surface area contributed by atoms with Crippen LogP contribution < -0.4 is 9.54 Å². The van der Waals surface area contributed by atoms with Gasteiger partial charge in [-0.25, -0.2) is 0 Å². The third kappa shape index (κ3) is 4.84. The highest BCUT2D eigenvalue weighted by molar-refractivity contribution is 7.09. The number of rotatable bonds is 4. The van der Waals surface area contributed by atoms with Crippen LogP contribution in [-0.4, -0.2) is 35.1 Å². The van der Waals surface area contributed by atoms with E-state index in [0.29, 0.717) is 34.1 Å². The number of ether oxygens (including phenoxy) is 2. The fraction of sp³-hybridized carbons (Fsp3) is 0.500. The van der Waals surface area contributed by atoms with Crippen LogP contribution in [0.25, 0.3) is 0 Å². The summed E-state index contributed by atoms with van der Waals surface area (Å²) in [5.41, 5.74) is 0.243. The van der Waals surface area contributed by atoms with Crippen molar-refractivity contribution in [2.45, 2.75) is 58.0 Å². The third-order valence-electron chi connectivity index (χ3n) is 4.53. The molecule has 28 heavy (non-hydrogen) atoms. The number of aromatic nitrogens is 1. The Morgan fingerprint density at radius 2 is 2.18 bits per heavy atom. The van der Waals surface area contributed by atoms with Crippen LogP contribution in [0, 0.1) is 0 Å². The Kier molecular flexibility index (Phi) is 6.29. The minimum Gasteiger partial charge on any atom is -0.496 e. The molecule has 0 saturated carbocycles. The monoisotopic (exact) mass is 424 g/mol.